The zero-order valence-electron chi connectivity index (χ0n) is 9.32. The van der Waals surface area contributed by atoms with Gasteiger partial charge in [0.25, 0.3) is 0 Å². The van der Waals surface area contributed by atoms with Crippen molar-refractivity contribution in [2.24, 2.45) is 0 Å². The van der Waals surface area contributed by atoms with Gasteiger partial charge in [0, 0.05) is 6.20 Å². The van der Waals surface area contributed by atoms with Gasteiger partial charge in [0.05, 0.1) is 16.5 Å². The SMILES string of the molecule is CC(C)(C)n1nc(Cl)c2cc(C#N)cnc21. The molecule has 0 spiro atoms. The van der Waals surface area contributed by atoms with Crippen LogP contribution in [0.5, 0.6) is 0 Å². The van der Waals surface area contributed by atoms with Gasteiger partial charge in [0.1, 0.15) is 6.07 Å². The molecule has 0 aliphatic carbocycles. The number of hydrogen-bond acceptors (Lipinski definition) is 3. The van der Waals surface area contributed by atoms with Crippen LogP contribution in [0, 0.1) is 11.3 Å². The molecule has 0 aromatic carbocycles. The molecule has 16 heavy (non-hydrogen) atoms. The molecule has 82 valence electrons. The summed E-state index contributed by atoms with van der Waals surface area (Å²) in [5, 5.41) is 14.1. The monoisotopic (exact) mass is 234 g/mol. The molecular formula is C11H11ClN4. The van der Waals surface area contributed by atoms with Crippen molar-refractivity contribution in [3.8, 4) is 6.07 Å². The molecule has 0 aliphatic heterocycles. The predicted octanol–water partition coefficient (Wildman–Crippen LogP) is 2.71. The number of halogens is 1. The zero-order chi connectivity index (χ0) is 11.9. The molecule has 4 nitrogen and oxygen atoms in total. The van der Waals surface area contributed by atoms with E-state index in [1.54, 1.807) is 10.7 Å². The molecule has 2 aromatic heterocycles. The van der Waals surface area contributed by atoms with Gasteiger partial charge in [-0.2, -0.15) is 10.4 Å². The molecule has 0 saturated heterocycles. The minimum Gasteiger partial charge on any atom is -0.240 e. The minimum atomic E-state index is -0.188. The lowest BCUT2D eigenvalue weighted by Gasteiger charge is -2.19. The number of nitrogens with zero attached hydrogens (tertiary/aromatic N) is 4. The van der Waals surface area contributed by atoms with E-state index in [1.165, 1.54) is 6.20 Å². The second kappa shape index (κ2) is 3.46. The number of nitriles is 1. The third-order valence-electron chi connectivity index (χ3n) is 2.24. The van der Waals surface area contributed by atoms with Crippen LogP contribution < -0.4 is 0 Å². The molecular weight excluding hydrogens is 224 g/mol. The Morgan fingerprint density at radius 3 is 2.69 bits per heavy atom. The van der Waals surface area contributed by atoms with Crippen molar-refractivity contribution in [3.05, 3.63) is 23.0 Å². The van der Waals surface area contributed by atoms with Gasteiger partial charge in [-0.25, -0.2) is 9.67 Å². The van der Waals surface area contributed by atoms with Gasteiger partial charge in [-0.1, -0.05) is 11.6 Å². The molecule has 0 aliphatic rings. The normalized spacial score (nSPS) is 11.7. The van der Waals surface area contributed by atoms with Gasteiger partial charge in [-0.05, 0) is 26.8 Å². The van der Waals surface area contributed by atoms with E-state index >= 15 is 0 Å². The molecule has 2 aromatic rings. The van der Waals surface area contributed by atoms with Gasteiger partial charge in [-0.15, -0.1) is 0 Å². The van der Waals surface area contributed by atoms with Crippen molar-refractivity contribution in [2.75, 3.05) is 0 Å². The fourth-order valence-corrected chi connectivity index (χ4v) is 1.71. The quantitative estimate of drug-likeness (QED) is 0.704. The van der Waals surface area contributed by atoms with E-state index in [-0.39, 0.29) is 5.54 Å². The molecule has 0 amide bonds. The molecule has 0 radical (unpaired) electrons. The molecule has 0 saturated carbocycles. The van der Waals surface area contributed by atoms with E-state index in [2.05, 4.69) is 10.1 Å². The summed E-state index contributed by atoms with van der Waals surface area (Å²) in [6.45, 7) is 6.07. The lowest BCUT2D eigenvalue weighted by atomic mass is 10.1. The highest BCUT2D eigenvalue weighted by atomic mass is 35.5. The van der Waals surface area contributed by atoms with Crippen molar-refractivity contribution in [1.82, 2.24) is 14.8 Å². The fraction of sp³-hybridized carbons (Fsp3) is 0.364. The molecule has 0 bridgehead atoms. The first-order valence-electron chi connectivity index (χ1n) is 4.88. The Bertz CT molecular complexity index is 586. The number of rotatable bonds is 0. The van der Waals surface area contributed by atoms with E-state index in [0.29, 0.717) is 16.4 Å². The van der Waals surface area contributed by atoms with E-state index < -0.39 is 0 Å². The van der Waals surface area contributed by atoms with Crippen LogP contribution in [0.1, 0.15) is 26.3 Å². The Morgan fingerprint density at radius 1 is 1.44 bits per heavy atom. The van der Waals surface area contributed by atoms with Crippen LogP contribution in [0.2, 0.25) is 5.15 Å². The smallest absolute Gasteiger partial charge is 0.160 e. The topological polar surface area (TPSA) is 54.5 Å². The van der Waals surface area contributed by atoms with Crippen LogP contribution in [0.4, 0.5) is 0 Å². The highest BCUT2D eigenvalue weighted by Gasteiger charge is 2.20. The van der Waals surface area contributed by atoms with Crippen LogP contribution in [0.3, 0.4) is 0 Å². The molecule has 0 unspecified atom stereocenters. The van der Waals surface area contributed by atoms with E-state index in [0.717, 1.165) is 5.39 Å². The van der Waals surface area contributed by atoms with Gasteiger partial charge in [0.2, 0.25) is 0 Å². The number of pyridine rings is 1. The third-order valence-corrected chi connectivity index (χ3v) is 2.52. The average molecular weight is 235 g/mol. The summed E-state index contributed by atoms with van der Waals surface area (Å²) in [5.74, 6) is 0. The Labute approximate surface area is 98.5 Å². The number of hydrogen-bond donors (Lipinski definition) is 0. The first kappa shape index (κ1) is 10.9. The summed E-state index contributed by atoms with van der Waals surface area (Å²) in [7, 11) is 0. The van der Waals surface area contributed by atoms with E-state index in [4.69, 9.17) is 16.9 Å². The maximum atomic E-state index is 8.79. The van der Waals surface area contributed by atoms with Crippen molar-refractivity contribution in [2.45, 2.75) is 26.3 Å². The predicted molar refractivity (Wildman–Crippen MR) is 62.2 cm³/mol. The van der Waals surface area contributed by atoms with E-state index in [1.807, 2.05) is 26.8 Å². The fourth-order valence-electron chi connectivity index (χ4n) is 1.50. The standard InChI is InChI=1S/C11H11ClN4/c1-11(2,3)16-10-8(9(12)15-16)4-7(5-13)6-14-10/h4,6H,1-3H3. The summed E-state index contributed by atoms with van der Waals surface area (Å²) in [6, 6.07) is 3.74. The largest absolute Gasteiger partial charge is 0.240 e. The van der Waals surface area contributed by atoms with Crippen LogP contribution in [0.15, 0.2) is 12.3 Å². The van der Waals surface area contributed by atoms with Gasteiger partial charge >= 0.3 is 0 Å². The van der Waals surface area contributed by atoms with Crippen LogP contribution in [-0.2, 0) is 5.54 Å². The Kier molecular flexibility index (Phi) is 2.36. The molecule has 0 N–H and O–H groups in total. The minimum absolute atomic E-state index is 0.188. The average Bonchev–Trinajstić information content (AvgIpc) is 2.55. The molecule has 5 heteroatoms. The van der Waals surface area contributed by atoms with Crippen molar-refractivity contribution in [3.63, 3.8) is 0 Å². The molecule has 2 rings (SSSR count). The maximum Gasteiger partial charge on any atom is 0.160 e. The Morgan fingerprint density at radius 2 is 2.12 bits per heavy atom. The highest BCUT2D eigenvalue weighted by molar-refractivity contribution is 6.34. The van der Waals surface area contributed by atoms with Crippen molar-refractivity contribution < 1.29 is 0 Å². The van der Waals surface area contributed by atoms with E-state index in [9.17, 15) is 0 Å². The second-order valence-electron chi connectivity index (χ2n) is 4.58. The summed E-state index contributed by atoms with van der Waals surface area (Å²) < 4.78 is 1.77. The second-order valence-corrected chi connectivity index (χ2v) is 4.94. The van der Waals surface area contributed by atoms with Crippen molar-refractivity contribution in [1.29, 1.82) is 5.26 Å². The molecule has 0 fully saturated rings. The first-order chi connectivity index (χ1) is 7.43. The Balaban J connectivity index is 2.78. The zero-order valence-corrected chi connectivity index (χ0v) is 10.1. The number of aromatic nitrogens is 3. The lowest BCUT2D eigenvalue weighted by Crippen LogP contribution is -2.23. The van der Waals surface area contributed by atoms with Crippen LogP contribution >= 0.6 is 11.6 Å². The van der Waals surface area contributed by atoms with Crippen molar-refractivity contribution >= 4 is 22.6 Å². The summed E-state index contributed by atoms with van der Waals surface area (Å²) >= 11 is 6.03. The van der Waals surface area contributed by atoms with Gasteiger partial charge in [0.15, 0.2) is 10.8 Å². The third kappa shape index (κ3) is 1.63. The molecule has 0 atom stereocenters. The van der Waals surface area contributed by atoms with Gasteiger partial charge in [-0.3, -0.25) is 0 Å². The lowest BCUT2D eigenvalue weighted by molar-refractivity contribution is 0.366. The highest BCUT2D eigenvalue weighted by Crippen LogP contribution is 2.26. The summed E-state index contributed by atoms with van der Waals surface area (Å²) in [6.07, 6.45) is 1.53. The maximum absolute atomic E-state index is 8.79. The van der Waals surface area contributed by atoms with Crippen LogP contribution in [-0.4, -0.2) is 14.8 Å². The van der Waals surface area contributed by atoms with Crippen LogP contribution in [0.25, 0.3) is 11.0 Å². The Hall–Kier alpha value is -1.60. The van der Waals surface area contributed by atoms with Gasteiger partial charge < -0.3 is 0 Å². The first-order valence-corrected chi connectivity index (χ1v) is 5.26. The summed E-state index contributed by atoms with van der Waals surface area (Å²) in [4.78, 5) is 4.23. The summed E-state index contributed by atoms with van der Waals surface area (Å²) in [5.41, 5.74) is 1.01. The number of fused-ring (bicyclic) bond motifs is 1. The molecule has 2 heterocycles.